The third-order valence-electron chi connectivity index (χ3n) is 3.86. The number of aliphatic hydroxyl groups excluding tert-OH is 2. The molecule has 0 fully saturated rings. The van der Waals surface area contributed by atoms with Crippen molar-refractivity contribution in [2.45, 2.75) is 26.1 Å². The van der Waals surface area contributed by atoms with E-state index in [9.17, 15) is 10.2 Å². The van der Waals surface area contributed by atoms with E-state index in [0.717, 1.165) is 33.4 Å². The van der Waals surface area contributed by atoms with Gasteiger partial charge < -0.3 is 19.7 Å². The second-order valence-electron chi connectivity index (χ2n) is 5.71. The molecule has 2 aromatic rings. The van der Waals surface area contributed by atoms with E-state index in [1.54, 1.807) is 0 Å². The number of ether oxygens (including phenoxy) is 2. The van der Waals surface area contributed by atoms with Crippen LogP contribution in [0.1, 0.15) is 11.1 Å². The Morgan fingerprint density at radius 3 is 1.50 bits per heavy atom. The molecule has 2 N–H and O–H groups in total. The molecule has 24 heavy (non-hydrogen) atoms. The molecule has 0 aliphatic carbocycles. The van der Waals surface area contributed by atoms with Gasteiger partial charge in [0.05, 0.1) is 11.8 Å². The predicted molar refractivity (Wildman–Crippen MR) is 97.9 cm³/mol. The van der Waals surface area contributed by atoms with Crippen molar-refractivity contribution >= 4 is 34.0 Å². The zero-order chi connectivity index (χ0) is 17.7. The Morgan fingerprint density at radius 1 is 0.792 bits per heavy atom. The van der Waals surface area contributed by atoms with Crippen LogP contribution in [0.4, 0.5) is 0 Å². The summed E-state index contributed by atoms with van der Waals surface area (Å²) in [5, 5.41) is 21.2. The van der Waals surface area contributed by atoms with Gasteiger partial charge in [-0.25, -0.2) is 0 Å². The number of hydrogen-bond donors (Lipinski definition) is 2. The number of aryl methyl sites for hydroxylation is 2. The highest BCUT2D eigenvalue weighted by molar-refractivity contribution is 6.18. The Labute approximate surface area is 151 Å². The fourth-order valence-corrected chi connectivity index (χ4v) is 2.62. The van der Waals surface area contributed by atoms with Gasteiger partial charge in [0.2, 0.25) is 0 Å². The summed E-state index contributed by atoms with van der Waals surface area (Å²) in [5.74, 6) is 1.72. The minimum atomic E-state index is -0.687. The highest BCUT2D eigenvalue weighted by atomic mass is 35.5. The highest BCUT2D eigenvalue weighted by Crippen LogP contribution is 2.33. The van der Waals surface area contributed by atoms with E-state index in [4.69, 9.17) is 32.7 Å². The summed E-state index contributed by atoms with van der Waals surface area (Å²) >= 11 is 11.2. The van der Waals surface area contributed by atoms with Gasteiger partial charge in [-0.1, -0.05) is 12.1 Å². The molecule has 2 rings (SSSR count). The maximum absolute atomic E-state index is 9.52. The summed E-state index contributed by atoms with van der Waals surface area (Å²) in [6, 6.07) is 7.68. The van der Waals surface area contributed by atoms with Crippen molar-refractivity contribution in [3.63, 3.8) is 0 Å². The molecule has 2 atom stereocenters. The number of fused-ring (bicyclic) bond motifs is 1. The fourth-order valence-electron chi connectivity index (χ4n) is 2.44. The summed E-state index contributed by atoms with van der Waals surface area (Å²) in [6.45, 7) is 4.27. The Kier molecular flexibility index (Phi) is 6.99. The van der Waals surface area contributed by atoms with Crippen LogP contribution in [0.5, 0.6) is 11.5 Å². The van der Waals surface area contributed by atoms with Crippen LogP contribution in [-0.4, -0.2) is 47.4 Å². The van der Waals surface area contributed by atoms with Gasteiger partial charge in [-0.2, -0.15) is 0 Å². The van der Waals surface area contributed by atoms with E-state index in [1.807, 2.05) is 38.1 Å². The van der Waals surface area contributed by atoms with Crippen molar-refractivity contribution in [1.82, 2.24) is 0 Å². The van der Waals surface area contributed by atoms with Crippen molar-refractivity contribution in [3.8, 4) is 11.5 Å². The molecular weight excluding hydrogens is 351 g/mol. The third-order valence-corrected chi connectivity index (χ3v) is 4.57. The average molecular weight is 373 g/mol. The first-order chi connectivity index (χ1) is 11.5. The number of benzene rings is 2. The van der Waals surface area contributed by atoms with Crippen molar-refractivity contribution in [2.75, 3.05) is 25.0 Å². The maximum Gasteiger partial charge on any atom is 0.122 e. The van der Waals surface area contributed by atoms with Gasteiger partial charge in [0.15, 0.2) is 0 Å². The van der Waals surface area contributed by atoms with E-state index >= 15 is 0 Å². The van der Waals surface area contributed by atoms with E-state index in [2.05, 4.69) is 0 Å². The molecule has 0 amide bonds. The molecule has 0 radical (unpaired) electrons. The molecule has 0 saturated heterocycles. The van der Waals surface area contributed by atoms with Gasteiger partial charge >= 0.3 is 0 Å². The van der Waals surface area contributed by atoms with E-state index in [-0.39, 0.29) is 25.0 Å². The van der Waals surface area contributed by atoms with Crippen molar-refractivity contribution in [3.05, 3.63) is 35.4 Å². The standard InChI is InChI=1S/C18H22Cl2O4/c1-11-15-3-6-18(24-10-14(22)8-20)12(2)16(15)4-5-17(11)23-9-13(21)7-19/h3-6,13-14,21-22H,7-10H2,1-2H3. The first-order valence-electron chi connectivity index (χ1n) is 7.74. The second-order valence-corrected chi connectivity index (χ2v) is 6.33. The summed E-state index contributed by atoms with van der Waals surface area (Å²) < 4.78 is 11.3. The predicted octanol–water partition coefficient (Wildman–Crippen LogP) is 3.41. The molecule has 0 bridgehead atoms. The molecule has 0 saturated carbocycles. The van der Waals surface area contributed by atoms with Crippen molar-refractivity contribution in [2.24, 2.45) is 0 Å². The number of alkyl halides is 2. The number of rotatable bonds is 8. The lowest BCUT2D eigenvalue weighted by Crippen LogP contribution is -2.19. The first-order valence-corrected chi connectivity index (χ1v) is 8.81. The topological polar surface area (TPSA) is 58.9 Å². The van der Waals surface area contributed by atoms with Crippen LogP contribution in [0.15, 0.2) is 24.3 Å². The fraction of sp³-hybridized carbons (Fsp3) is 0.444. The van der Waals surface area contributed by atoms with Crippen LogP contribution >= 0.6 is 23.2 Å². The molecule has 2 aromatic carbocycles. The van der Waals surface area contributed by atoms with Crippen LogP contribution in [0, 0.1) is 13.8 Å². The van der Waals surface area contributed by atoms with Crippen LogP contribution in [-0.2, 0) is 0 Å². The van der Waals surface area contributed by atoms with Crippen molar-refractivity contribution in [1.29, 1.82) is 0 Å². The largest absolute Gasteiger partial charge is 0.491 e. The van der Waals surface area contributed by atoms with Gasteiger partial charge in [0.1, 0.15) is 36.9 Å². The molecule has 4 nitrogen and oxygen atoms in total. The van der Waals surface area contributed by atoms with Gasteiger partial charge in [-0.15, -0.1) is 23.2 Å². The number of hydrogen-bond acceptors (Lipinski definition) is 4. The minimum Gasteiger partial charge on any atom is -0.491 e. The quantitative estimate of drug-likeness (QED) is 0.697. The monoisotopic (exact) mass is 372 g/mol. The van der Waals surface area contributed by atoms with Gasteiger partial charge in [-0.05, 0) is 47.9 Å². The zero-order valence-electron chi connectivity index (χ0n) is 13.8. The molecule has 0 aliphatic heterocycles. The smallest absolute Gasteiger partial charge is 0.122 e. The molecular formula is C18H22Cl2O4. The summed E-state index contributed by atoms with van der Waals surface area (Å²) in [6.07, 6.45) is -1.37. The molecule has 2 unspecified atom stereocenters. The number of aliphatic hydroxyl groups is 2. The molecule has 0 aliphatic rings. The molecule has 132 valence electrons. The van der Waals surface area contributed by atoms with E-state index < -0.39 is 12.2 Å². The summed E-state index contributed by atoms with van der Waals surface area (Å²) in [5.41, 5.74) is 1.98. The minimum absolute atomic E-state index is 0.139. The van der Waals surface area contributed by atoms with E-state index in [1.165, 1.54) is 0 Å². The Morgan fingerprint density at radius 2 is 1.17 bits per heavy atom. The van der Waals surface area contributed by atoms with Crippen LogP contribution in [0.3, 0.4) is 0 Å². The lowest BCUT2D eigenvalue weighted by atomic mass is 10.00. The summed E-state index contributed by atoms with van der Waals surface area (Å²) in [7, 11) is 0. The van der Waals surface area contributed by atoms with E-state index in [0.29, 0.717) is 0 Å². The maximum atomic E-state index is 9.52. The highest BCUT2D eigenvalue weighted by Gasteiger charge is 2.12. The molecule has 0 heterocycles. The van der Waals surface area contributed by atoms with Crippen molar-refractivity contribution < 1.29 is 19.7 Å². The van der Waals surface area contributed by atoms with Crippen LogP contribution in [0.2, 0.25) is 0 Å². The van der Waals surface area contributed by atoms with Gasteiger partial charge in [-0.3, -0.25) is 0 Å². The SMILES string of the molecule is Cc1c(OCC(O)CCl)ccc2c(C)c(OCC(O)CCl)ccc12. The summed E-state index contributed by atoms with van der Waals surface area (Å²) in [4.78, 5) is 0. The normalized spacial score (nSPS) is 13.8. The number of halogens is 2. The Hall–Kier alpha value is -1.20. The first kappa shape index (κ1) is 19.1. The molecule has 0 aromatic heterocycles. The van der Waals surface area contributed by atoms with Gasteiger partial charge in [0, 0.05) is 0 Å². The second kappa shape index (κ2) is 8.77. The lowest BCUT2D eigenvalue weighted by Gasteiger charge is -2.17. The van der Waals surface area contributed by atoms with Gasteiger partial charge in [0.25, 0.3) is 0 Å². The van der Waals surface area contributed by atoms with Crippen LogP contribution < -0.4 is 9.47 Å². The average Bonchev–Trinajstić information content (AvgIpc) is 2.60. The third kappa shape index (κ3) is 4.45. The molecule has 0 spiro atoms. The molecule has 6 heteroatoms. The lowest BCUT2D eigenvalue weighted by molar-refractivity contribution is 0.124. The zero-order valence-corrected chi connectivity index (χ0v) is 15.3. The Bertz CT molecular complexity index is 631. The Balaban J connectivity index is 2.26. The van der Waals surface area contributed by atoms with Crippen LogP contribution in [0.25, 0.3) is 10.8 Å².